The second-order valence-electron chi connectivity index (χ2n) is 5.90. The van der Waals surface area contributed by atoms with Gasteiger partial charge in [-0.3, -0.25) is 4.99 Å². The molecule has 0 aliphatic heterocycles. The highest BCUT2D eigenvalue weighted by Crippen LogP contribution is 2.19. The Bertz CT molecular complexity index is 283. The number of unbranched alkanes of at least 4 members (excludes halogenated alkanes) is 2. The Hall–Kier alpha value is -0.0800. The van der Waals surface area contributed by atoms with Crippen molar-refractivity contribution in [3.8, 4) is 0 Å². The van der Waals surface area contributed by atoms with Gasteiger partial charge in [-0.15, -0.1) is 24.0 Å². The van der Waals surface area contributed by atoms with Crippen LogP contribution in [0.1, 0.15) is 65.7 Å². The summed E-state index contributed by atoms with van der Waals surface area (Å²) in [6.07, 6.45) is 6.92. The first kappa shape index (κ1) is 25.2. The number of aliphatic imine (C=N–C) groups is 1. The van der Waals surface area contributed by atoms with E-state index in [0.29, 0.717) is 6.54 Å². The standard InChI is InChI=1S/C17H37N3O2.HI/c1-5-11-17(21,12-6-2)15-20-16(18-7-3)19-13-9-8-10-14-22-4;/h21H,5-15H2,1-4H3,(H2,18,19,20);1H. The SMILES string of the molecule is CCCC(O)(CCC)CN=C(NCC)NCCCCCOC.I. The molecule has 23 heavy (non-hydrogen) atoms. The van der Waals surface area contributed by atoms with E-state index in [1.165, 1.54) is 0 Å². The molecule has 0 saturated carbocycles. The van der Waals surface area contributed by atoms with Crippen molar-refractivity contribution in [2.45, 2.75) is 71.3 Å². The van der Waals surface area contributed by atoms with Crippen LogP contribution in [0.2, 0.25) is 0 Å². The largest absolute Gasteiger partial charge is 0.388 e. The highest BCUT2D eigenvalue weighted by Gasteiger charge is 2.24. The van der Waals surface area contributed by atoms with Crippen molar-refractivity contribution >= 4 is 29.9 Å². The third-order valence-corrected chi connectivity index (χ3v) is 3.62. The van der Waals surface area contributed by atoms with Gasteiger partial charge in [0.1, 0.15) is 0 Å². The van der Waals surface area contributed by atoms with Crippen LogP contribution in [0.25, 0.3) is 0 Å². The Kier molecular flexibility index (Phi) is 18.3. The first-order valence-corrected chi connectivity index (χ1v) is 8.85. The third-order valence-electron chi connectivity index (χ3n) is 3.62. The molecule has 0 aromatic heterocycles. The van der Waals surface area contributed by atoms with Crippen LogP contribution in [-0.2, 0) is 4.74 Å². The number of ether oxygens (including phenoxy) is 1. The summed E-state index contributed by atoms with van der Waals surface area (Å²) >= 11 is 0. The van der Waals surface area contributed by atoms with E-state index in [4.69, 9.17) is 4.74 Å². The van der Waals surface area contributed by atoms with E-state index in [9.17, 15) is 5.11 Å². The Morgan fingerprint density at radius 1 is 1.04 bits per heavy atom. The van der Waals surface area contributed by atoms with Crippen LogP contribution in [0.3, 0.4) is 0 Å². The van der Waals surface area contributed by atoms with E-state index in [1.807, 2.05) is 0 Å². The summed E-state index contributed by atoms with van der Waals surface area (Å²) < 4.78 is 5.05. The summed E-state index contributed by atoms with van der Waals surface area (Å²) in [5.74, 6) is 0.805. The van der Waals surface area contributed by atoms with Crippen LogP contribution in [0.5, 0.6) is 0 Å². The molecule has 0 radical (unpaired) electrons. The molecular weight excluding hydrogens is 405 g/mol. The third kappa shape index (κ3) is 14.0. The van der Waals surface area contributed by atoms with E-state index in [0.717, 1.165) is 70.6 Å². The minimum Gasteiger partial charge on any atom is -0.388 e. The molecule has 140 valence electrons. The molecule has 6 heteroatoms. The van der Waals surface area contributed by atoms with Gasteiger partial charge in [0.05, 0.1) is 12.1 Å². The summed E-state index contributed by atoms with van der Waals surface area (Å²) in [5.41, 5.74) is -0.662. The van der Waals surface area contributed by atoms with Crippen molar-refractivity contribution in [3.63, 3.8) is 0 Å². The van der Waals surface area contributed by atoms with Gasteiger partial charge < -0.3 is 20.5 Å². The summed E-state index contributed by atoms with van der Waals surface area (Å²) in [6, 6.07) is 0. The molecule has 0 atom stereocenters. The Balaban J connectivity index is 0. The van der Waals surface area contributed by atoms with E-state index in [1.54, 1.807) is 7.11 Å². The maximum absolute atomic E-state index is 10.6. The first-order chi connectivity index (χ1) is 10.6. The number of hydrogen-bond acceptors (Lipinski definition) is 3. The molecule has 0 saturated heterocycles. The fourth-order valence-electron chi connectivity index (χ4n) is 2.54. The molecule has 0 aliphatic carbocycles. The molecule has 0 rings (SSSR count). The van der Waals surface area contributed by atoms with Gasteiger partial charge in [0.25, 0.3) is 0 Å². The second-order valence-corrected chi connectivity index (χ2v) is 5.90. The Morgan fingerprint density at radius 3 is 2.22 bits per heavy atom. The van der Waals surface area contributed by atoms with Crippen LogP contribution >= 0.6 is 24.0 Å². The fraction of sp³-hybridized carbons (Fsp3) is 0.941. The lowest BCUT2D eigenvalue weighted by Gasteiger charge is -2.26. The summed E-state index contributed by atoms with van der Waals surface area (Å²) in [6.45, 7) is 9.29. The zero-order chi connectivity index (χ0) is 16.7. The van der Waals surface area contributed by atoms with Crippen LogP contribution in [0.15, 0.2) is 4.99 Å². The number of halogens is 1. The van der Waals surface area contributed by atoms with Crippen molar-refractivity contribution < 1.29 is 9.84 Å². The first-order valence-electron chi connectivity index (χ1n) is 8.85. The van der Waals surface area contributed by atoms with Crippen molar-refractivity contribution in [1.29, 1.82) is 0 Å². The summed E-state index contributed by atoms with van der Waals surface area (Å²) in [7, 11) is 1.74. The molecule has 0 aromatic rings. The second kappa shape index (κ2) is 16.8. The molecule has 0 aromatic carbocycles. The van der Waals surface area contributed by atoms with E-state index in [2.05, 4.69) is 36.4 Å². The lowest BCUT2D eigenvalue weighted by atomic mass is 9.93. The highest BCUT2D eigenvalue weighted by atomic mass is 127. The summed E-state index contributed by atoms with van der Waals surface area (Å²) in [4.78, 5) is 4.58. The molecule has 0 heterocycles. The van der Waals surface area contributed by atoms with Crippen molar-refractivity contribution in [2.75, 3.05) is 33.4 Å². The van der Waals surface area contributed by atoms with Crippen molar-refractivity contribution in [1.82, 2.24) is 10.6 Å². The minimum atomic E-state index is -0.662. The molecule has 0 amide bonds. The molecular formula is C17H38IN3O2. The number of hydrogen-bond donors (Lipinski definition) is 3. The number of guanidine groups is 1. The van der Waals surface area contributed by atoms with Crippen LogP contribution in [0, 0.1) is 0 Å². The van der Waals surface area contributed by atoms with Gasteiger partial charge in [-0.2, -0.15) is 0 Å². The molecule has 0 fully saturated rings. The van der Waals surface area contributed by atoms with Crippen molar-refractivity contribution in [3.05, 3.63) is 0 Å². The van der Waals surface area contributed by atoms with E-state index in [-0.39, 0.29) is 24.0 Å². The molecule has 3 N–H and O–H groups in total. The highest BCUT2D eigenvalue weighted by molar-refractivity contribution is 14.0. The number of aliphatic hydroxyl groups is 1. The maximum Gasteiger partial charge on any atom is 0.191 e. The van der Waals surface area contributed by atoms with Crippen molar-refractivity contribution in [2.24, 2.45) is 4.99 Å². The fourth-order valence-corrected chi connectivity index (χ4v) is 2.54. The Labute approximate surface area is 160 Å². The maximum atomic E-state index is 10.6. The average molecular weight is 443 g/mol. The van der Waals surface area contributed by atoms with Gasteiger partial charge in [-0.05, 0) is 39.0 Å². The number of nitrogens with one attached hydrogen (secondary N) is 2. The number of methoxy groups -OCH3 is 1. The topological polar surface area (TPSA) is 65.9 Å². The van der Waals surface area contributed by atoms with Gasteiger partial charge in [0.15, 0.2) is 5.96 Å². The monoisotopic (exact) mass is 443 g/mol. The zero-order valence-electron chi connectivity index (χ0n) is 15.5. The molecule has 0 aliphatic rings. The average Bonchev–Trinajstić information content (AvgIpc) is 2.49. The quantitative estimate of drug-likeness (QED) is 0.177. The lowest BCUT2D eigenvalue weighted by Crippen LogP contribution is -2.40. The van der Waals surface area contributed by atoms with Gasteiger partial charge in [0.2, 0.25) is 0 Å². The summed E-state index contributed by atoms with van der Waals surface area (Å²) in [5, 5.41) is 17.2. The predicted molar refractivity (Wildman–Crippen MR) is 110 cm³/mol. The normalized spacial score (nSPS) is 12.0. The van der Waals surface area contributed by atoms with Gasteiger partial charge in [0, 0.05) is 26.8 Å². The van der Waals surface area contributed by atoms with Crippen LogP contribution in [0.4, 0.5) is 0 Å². The molecule has 0 unspecified atom stereocenters. The Morgan fingerprint density at radius 2 is 1.70 bits per heavy atom. The zero-order valence-corrected chi connectivity index (χ0v) is 17.8. The smallest absolute Gasteiger partial charge is 0.191 e. The lowest BCUT2D eigenvalue weighted by molar-refractivity contribution is 0.0306. The number of rotatable bonds is 13. The minimum absolute atomic E-state index is 0. The molecule has 0 bridgehead atoms. The van der Waals surface area contributed by atoms with Gasteiger partial charge >= 0.3 is 0 Å². The van der Waals surface area contributed by atoms with Gasteiger partial charge in [-0.25, -0.2) is 0 Å². The molecule has 5 nitrogen and oxygen atoms in total. The van der Waals surface area contributed by atoms with E-state index >= 15 is 0 Å². The van der Waals surface area contributed by atoms with Gasteiger partial charge in [-0.1, -0.05) is 26.7 Å². The van der Waals surface area contributed by atoms with E-state index < -0.39 is 5.60 Å². The van der Waals surface area contributed by atoms with Crippen LogP contribution in [-0.4, -0.2) is 50.0 Å². The number of nitrogens with zero attached hydrogens (tertiary/aromatic N) is 1. The predicted octanol–water partition coefficient (Wildman–Crippen LogP) is 3.31. The van der Waals surface area contributed by atoms with Crippen LogP contribution < -0.4 is 10.6 Å². The molecule has 0 spiro atoms.